The number of aromatic nitrogens is 2. The molecule has 2 aliphatic heterocycles. The molecule has 1 N–H and O–H groups in total. The van der Waals surface area contributed by atoms with E-state index in [1.54, 1.807) is 0 Å². The van der Waals surface area contributed by atoms with Crippen molar-refractivity contribution in [1.29, 1.82) is 0 Å². The number of piperazine rings is 1. The van der Waals surface area contributed by atoms with Crippen molar-refractivity contribution in [2.75, 3.05) is 37.9 Å². The summed E-state index contributed by atoms with van der Waals surface area (Å²) in [6.45, 7) is 6.44. The molecule has 1 aromatic heterocycles. The molecule has 8 heteroatoms. The van der Waals surface area contributed by atoms with Gasteiger partial charge in [0.1, 0.15) is 0 Å². The molecule has 1 fully saturated rings. The molecule has 0 aliphatic carbocycles. The van der Waals surface area contributed by atoms with E-state index in [1.165, 1.54) is 5.56 Å². The van der Waals surface area contributed by atoms with Crippen molar-refractivity contribution >= 4 is 17.5 Å². The van der Waals surface area contributed by atoms with Crippen LogP contribution in [-0.2, 0) is 13.0 Å². The number of aryl methyl sites for hydroxylation is 1. The first-order valence-electron chi connectivity index (χ1n) is 10.8. The Morgan fingerprint density at radius 3 is 2.62 bits per heavy atom. The maximum atomic E-state index is 12.8. The Labute approximate surface area is 191 Å². The van der Waals surface area contributed by atoms with Crippen molar-refractivity contribution in [3.8, 4) is 11.5 Å². The van der Waals surface area contributed by atoms with Gasteiger partial charge in [-0.05, 0) is 42.3 Å². The quantitative estimate of drug-likeness (QED) is 0.640. The average Bonchev–Trinajstić information content (AvgIpc) is 3.25. The predicted molar refractivity (Wildman–Crippen MR) is 124 cm³/mol. The van der Waals surface area contributed by atoms with Crippen LogP contribution in [0.3, 0.4) is 0 Å². The van der Waals surface area contributed by atoms with Crippen LogP contribution in [0.2, 0.25) is 5.02 Å². The minimum Gasteiger partial charge on any atom is -0.454 e. The van der Waals surface area contributed by atoms with Gasteiger partial charge in [0.15, 0.2) is 11.5 Å². The number of nitrogens with zero attached hydrogens (tertiary/aromatic N) is 3. The Balaban J connectivity index is 1.23. The Morgan fingerprint density at radius 2 is 1.84 bits per heavy atom. The Hall–Kier alpha value is -3.03. The fourth-order valence-electron chi connectivity index (χ4n) is 4.22. The van der Waals surface area contributed by atoms with Crippen molar-refractivity contribution in [2.24, 2.45) is 0 Å². The molecule has 0 saturated carbocycles. The molecular formula is C24H25ClN4O3. The summed E-state index contributed by atoms with van der Waals surface area (Å²) in [5, 5.41) is 0.666. The van der Waals surface area contributed by atoms with Gasteiger partial charge in [-0.1, -0.05) is 29.8 Å². The van der Waals surface area contributed by atoms with Crippen LogP contribution in [0.25, 0.3) is 0 Å². The molecule has 5 rings (SSSR count). The average molecular weight is 453 g/mol. The zero-order valence-electron chi connectivity index (χ0n) is 17.9. The maximum Gasteiger partial charge on any atom is 0.256 e. The van der Waals surface area contributed by atoms with Crippen molar-refractivity contribution in [2.45, 2.75) is 19.9 Å². The van der Waals surface area contributed by atoms with Crippen LogP contribution in [-0.4, -0.2) is 47.8 Å². The van der Waals surface area contributed by atoms with Crippen LogP contribution < -0.4 is 19.9 Å². The summed E-state index contributed by atoms with van der Waals surface area (Å²) in [5.41, 5.74) is 3.55. The molecule has 32 heavy (non-hydrogen) atoms. The van der Waals surface area contributed by atoms with Gasteiger partial charge in [0.05, 0.1) is 5.69 Å². The lowest BCUT2D eigenvalue weighted by Gasteiger charge is -2.35. The van der Waals surface area contributed by atoms with Gasteiger partial charge >= 0.3 is 0 Å². The van der Waals surface area contributed by atoms with Crippen LogP contribution in [0, 0.1) is 6.92 Å². The van der Waals surface area contributed by atoms with E-state index in [9.17, 15) is 4.79 Å². The van der Waals surface area contributed by atoms with Gasteiger partial charge in [0.25, 0.3) is 5.56 Å². The zero-order chi connectivity index (χ0) is 22.1. The Bertz CT molecular complexity index is 1190. The van der Waals surface area contributed by atoms with Crippen molar-refractivity contribution < 1.29 is 9.47 Å². The second-order valence-electron chi connectivity index (χ2n) is 8.21. The largest absolute Gasteiger partial charge is 0.454 e. The monoisotopic (exact) mass is 452 g/mol. The highest BCUT2D eigenvalue weighted by atomic mass is 35.5. The minimum absolute atomic E-state index is 0.0877. The van der Waals surface area contributed by atoms with E-state index < -0.39 is 0 Å². The van der Waals surface area contributed by atoms with Crippen LogP contribution in [0.1, 0.15) is 22.4 Å². The lowest BCUT2D eigenvalue weighted by Crippen LogP contribution is -2.47. The molecule has 2 aliphatic rings. The predicted octanol–water partition coefficient (Wildman–Crippen LogP) is 3.37. The van der Waals surface area contributed by atoms with E-state index in [2.05, 4.69) is 26.9 Å². The first-order valence-corrected chi connectivity index (χ1v) is 11.1. The number of hydrogen-bond donors (Lipinski definition) is 1. The molecule has 0 spiro atoms. The summed E-state index contributed by atoms with van der Waals surface area (Å²) in [6, 6.07) is 13.7. The molecule has 3 aromatic rings. The lowest BCUT2D eigenvalue weighted by molar-refractivity contribution is 0.174. The van der Waals surface area contributed by atoms with Gasteiger partial charge in [0, 0.05) is 49.7 Å². The van der Waals surface area contributed by atoms with E-state index in [0.717, 1.165) is 55.5 Å². The summed E-state index contributed by atoms with van der Waals surface area (Å²) in [5.74, 6) is 2.27. The van der Waals surface area contributed by atoms with Gasteiger partial charge in [-0.15, -0.1) is 0 Å². The standard InChI is InChI=1S/C24H25ClN4O3/c1-16-20(12-17-3-2-4-19(25)11-17)23(30)27-24(26-16)29-9-7-28(8-10-29)14-18-5-6-21-22(13-18)32-15-31-21/h2-6,11,13H,7-10,12,14-15H2,1H3,(H,26,27,30). The number of anilines is 1. The normalized spacial score (nSPS) is 15.9. The van der Waals surface area contributed by atoms with Gasteiger partial charge in [-0.2, -0.15) is 0 Å². The number of ether oxygens (including phenoxy) is 2. The number of benzene rings is 2. The van der Waals surface area contributed by atoms with Crippen LogP contribution in [0.5, 0.6) is 11.5 Å². The molecule has 1 saturated heterocycles. The third-order valence-electron chi connectivity index (χ3n) is 5.99. The Morgan fingerprint density at radius 1 is 1.03 bits per heavy atom. The highest BCUT2D eigenvalue weighted by molar-refractivity contribution is 6.30. The number of fused-ring (bicyclic) bond motifs is 1. The molecule has 3 heterocycles. The molecule has 2 aromatic carbocycles. The molecule has 7 nitrogen and oxygen atoms in total. The van der Waals surface area contributed by atoms with Crippen molar-refractivity contribution in [1.82, 2.24) is 14.9 Å². The van der Waals surface area contributed by atoms with Crippen LogP contribution in [0.15, 0.2) is 47.3 Å². The van der Waals surface area contributed by atoms with Crippen molar-refractivity contribution in [3.63, 3.8) is 0 Å². The molecular weight excluding hydrogens is 428 g/mol. The first-order chi connectivity index (χ1) is 15.5. The van der Waals surface area contributed by atoms with E-state index in [1.807, 2.05) is 37.3 Å². The molecule has 0 unspecified atom stereocenters. The summed E-state index contributed by atoms with van der Waals surface area (Å²) < 4.78 is 10.9. The number of aromatic amines is 1. The lowest BCUT2D eigenvalue weighted by atomic mass is 10.1. The van der Waals surface area contributed by atoms with Crippen LogP contribution in [0.4, 0.5) is 5.95 Å². The molecule has 166 valence electrons. The molecule has 0 atom stereocenters. The van der Waals surface area contributed by atoms with E-state index in [-0.39, 0.29) is 5.56 Å². The van der Waals surface area contributed by atoms with E-state index >= 15 is 0 Å². The molecule has 0 radical (unpaired) electrons. The number of rotatable bonds is 5. The number of H-pyrrole nitrogens is 1. The van der Waals surface area contributed by atoms with Gasteiger partial charge in [0.2, 0.25) is 12.7 Å². The third-order valence-corrected chi connectivity index (χ3v) is 6.23. The second kappa shape index (κ2) is 8.84. The van der Waals surface area contributed by atoms with Gasteiger partial charge in [-0.3, -0.25) is 14.7 Å². The van der Waals surface area contributed by atoms with E-state index in [4.69, 9.17) is 26.1 Å². The summed E-state index contributed by atoms with van der Waals surface area (Å²) >= 11 is 6.08. The topological polar surface area (TPSA) is 70.7 Å². The Kier molecular flexibility index (Phi) is 5.76. The van der Waals surface area contributed by atoms with Gasteiger partial charge < -0.3 is 14.4 Å². The maximum absolute atomic E-state index is 12.8. The summed E-state index contributed by atoms with van der Waals surface area (Å²) in [4.78, 5) is 25.0. The highest BCUT2D eigenvalue weighted by Gasteiger charge is 2.21. The van der Waals surface area contributed by atoms with Crippen LogP contribution >= 0.6 is 11.6 Å². The number of nitrogens with one attached hydrogen (secondary N) is 1. The number of halogens is 1. The molecule has 0 amide bonds. The third kappa shape index (κ3) is 4.45. The first kappa shape index (κ1) is 20.8. The summed E-state index contributed by atoms with van der Waals surface area (Å²) in [6.07, 6.45) is 0.512. The summed E-state index contributed by atoms with van der Waals surface area (Å²) in [7, 11) is 0. The van der Waals surface area contributed by atoms with E-state index in [0.29, 0.717) is 29.7 Å². The minimum atomic E-state index is -0.0877. The second-order valence-corrected chi connectivity index (χ2v) is 8.65. The fourth-order valence-corrected chi connectivity index (χ4v) is 4.43. The smallest absolute Gasteiger partial charge is 0.256 e. The molecule has 0 bridgehead atoms. The highest BCUT2D eigenvalue weighted by Crippen LogP contribution is 2.33. The number of hydrogen-bond acceptors (Lipinski definition) is 6. The SMILES string of the molecule is Cc1nc(N2CCN(Cc3ccc4c(c3)OCO4)CC2)[nH]c(=O)c1Cc1cccc(Cl)c1. The van der Waals surface area contributed by atoms with Gasteiger partial charge in [-0.25, -0.2) is 4.98 Å². The zero-order valence-corrected chi connectivity index (χ0v) is 18.7. The van der Waals surface area contributed by atoms with Crippen molar-refractivity contribution in [3.05, 3.63) is 80.2 Å². The fraction of sp³-hybridized carbons (Fsp3) is 0.333.